The summed E-state index contributed by atoms with van der Waals surface area (Å²) in [6.45, 7) is 1.97. The van der Waals surface area contributed by atoms with Gasteiger partial charge in [0.15, 0.2) is 0 Å². The number of nitrogens with one attached hydrogen (secondary N) is 2. The van der Waals surface area contributed by atoms with Crippen LogP contribution < -0.4 is 5.32 Å². The van der Waals surface area contributed by atoms with E-state index in [4.69, 9.17) is 5.11 Å². The molecule has 0 radical (unpaired) electrons. The van der Waals surface area contributed by atoms with Gasteiger partial charge in [-0.25, -0.2) is 0 Å². The maximum atomic E-state index is 12.3. The highest BCUT2D eigenvalue weighted by molar-refractivity contribution is 6.06. The van der Waals surface area contributed by atoms with Gasteiger partial charge in [0, 0.05) is 16.6 Å². The fraction of sp³-hybridized carbons (Fsp3) is 0.118. The van der Waals surface area contributed by atoms with Crippen LogP contribution in [0.15, 0.2) is 48.5 Å². The summed E-state index contributed by atoms with van der Waals surface area (Å²) >= 11 is 0. The molecule has 0 atom stereocenters. The van der Waals surface area contributed by atoms with Crippen molar-refractivity contribution in [3.8, 4) is 0 Å². The zero-order chi connectivity index (χ0) is 14.8. The molecular weight excluding hydrogens is 264 g/mol. The normalized spacial score (nSPS) is 10.8. The van der Waals surface area contributed by atoms with Crippen LogP contribution in [-0.2, 0) is 6.61 Å². The van der Waals surface area contributed by atoms with Gasteiger partial charge in [0.2, 0.25) is 0 Å². The van der Waals surface area contributed by atoms with Gasteiger partial charge in [0.25, 0.3) is 5.91 Å². The average molecular weight is 280 g/mol. The fourth-order valence-electron chi connectivity index (χ4n) is 2.31. The molecule has 1 amide bonds. The first kappa shape index (κ1) is 13.4. The van der Waals surface area contributed by atoms with Gasteiger partial charge in [-0.3, -0.25) is 4.79 Å². The Hall–Kier alpha value is -2.59. The molecule has 4 nitrogen and oxygen atoms in total. The van der Waals surface area contributed by atoms with Crippen LogP contribution in [-0.4, -0.2) is 16.0 Å². The van der Waals surface area contributed by atoms with E-state index in [1.54, 1.807) is 24.3 Å². The molecule has 3 N–H and O–H groups in total. The molecule has 3 rings (SSSR count). The first-order valence-corrected chi connectivity index (χ1v) is 6.76. The number of carbonyl (C=O) groups is 1. The number of H-pyrrole nitrogens is 1. The molecule has 4 heteroatoms. The van der Waals surface area contributed by atoms with Crippen LogP contribution in [0.5, 0.6) is 0 Å². The number of aromatic nitrogens is 1. The number of aryl methyl sites for hydroxylation is 1. The number of anilines is 1. The lowest BCUT2D eigenvalue weighted by molar-refractivity contribution is 0.102. The van der Waals surface area contributed by atoms with Crippen molar-refractivity contribution in [3.05, 3.63) is 65.4 Å². The van der Waals surface area contributed by atoms with Crippen LogP contribution in [0.25, 0.3) is 10.9 Å². The van der Waals surface area contributed by atoms with Gasteiger partial charge in [0.1, 0.15) is 5.69 Å². The predicted octanol–water partition coefficient (Wildman–Crippen LogP) is 3.22. The number of amides is 1. The van der Waals surface area contributed by atoms with E-state index in [-0.39, 0.29) is 12.5 Å². The number of carbonyl (C=O) groups excluding carboxylic acids is 1. The van der Waals surface area contributed by atoms with E-state index < -0.39 is 0 Å². The van der Waals surface area contributed by atoms with Crippen LogP contribution in [0.4, 0.5) is 5.69 Å². The molecule has 0 fully saturated rings. The minimum Gasteiger partial charge on any atom is -0.392 e. The second-order valence-corrected chi connectivity index (χ2v) is 5.09. The van der Waals surface area contributed by atoms with Crippen molar-refractivity contribution in [2.45, 2.75) is 13.5 Å². The Labute approximate surface area is 122 Å². The van der Waals surface area contributed by atoms with Gasteiger partial charge in [-0.2, -0.15) is 0 Å². The van der Waals surface area contributed by atoms with Crippen LogP contribution in [0.2, 0.25) is 0 Å². The monoisotopic (exact) mass is 280 g/mol. The zero-order valence-corrected chi connectivity index (χ0v) is 11.7. The summed E-state index contributed by atoms with van der Waals surface area (Å²) in [5.41, 5.74) is 4.04. The maximum Gasteiger partial charge on any atom is 0.272 e. The SMILES string of the molecule is Cc1ccc2cc(C(=O)Nc3cccc(CO)c3)[nH]c2c1. The largest absolute Gasteiger partial charge is 0.392 e. The van der Waals surface area contributed by atoms with E-state index in [9.17, 15) is 4.79 Å². The lowest BCUT2D eigenvalue weighted by Crippen LogP contribution is -2.12. The number of aromatic amines is 1. The van der Waals surface area contributed by atoms with Crippen molar-refractivity contribution < 1.29 is 9.90 Å². The van der Waals surface area contributed by atoms with Crippen molar-refractivity contribution in [1.82, 2.24) is 4.98 Å². The summed E-state index contributed by atoms with van der Waals surface area (Å²) < 4.78 is 0. The molecule has 0 saturated heterocycles. The molecule has 1 aromatic heterocycles. The minimum atomic E-state index is -0.195. The smallest absolute Gasteiger partial charge is 0.272 e. The molecule has 1 heterocycles. The van der Waals surface area contributed by atoms with E-state index in [0.29, 0.717) is 11.4 Å². The van der Waals surface area contributed by atoms with E-state index >= 15 is 0 Å². The summed E-state index contributed by atoms with van der Waals surface area (Å²) in [6, 6.07) is 15.0. The number of benzene rings is 2. The quantitative estimate of drug-likeness (QED) is 0.689. The summed E-state index contributed by atoms with van der Waals surface area (Å²) in [5.74, 6) is -0.195. The minimum absolute atomic E-state index is 0.0463. The number of hydrogen-bond donors (Lipinski definition) is 3. The highest BCUT2D eigenvalue weighted by Crippen LogP contribution is 2.18. The summed E-state index contributed by atoms with van der Waals surface area (Å²) in [5, 5.41) is 13.0. The Kier molecular flexibility index (Phi) is 3.46. The Bertz CT molecular complexity index is 805. The third-order valence-corrected chi connectivity index (χ3v) is 3.39. The van der Waals surface area contributed by atoms with Crippen molar-refractivity contribution in [2.75, 3.05) is 5.32 Å². The highest BCUT2D eigenvalue weighted by Gasteiger charge is 2.10. The Morgan fingerprint density at radius 2 is 2.05 bits per heavy atom. The molecule has 0 saturated carbocycles. The zero-order valence-electron chi connectivity index (χ0n) is 11.7. The molecule has 0 spiro atoms. The maximum absolute atomic E-state index is 12.3. The van der Waals surface area contributed by atoms with Crippen molar-refractivity contribution in [1.29, 1.82) is 0 Å². The Morgan fingerprint density at radius 1 is 1.19 bits per heavy atom. The number of fused-ring (bicyclic) bond motifs is 1. The number of rotatable bonds is 3. The lowest BCUT2D eigenvalue weighted by atomic mass is 10.2. The van der Waals surface area contributed by atoms with Crippen LogP contribution in [0.1, 0.15) is 21.6 Å². The fourth-order valence-corrected chi connectivity index (χ4v) is 2.31. The van der Waals surface area contributed by atoms with E-state index in [2.05, 4.69) is 10.3 Å². The van der Waals surface area contributed by atoms with Gasteiger partial charge in [0.05, 0.1) is 6.61 Å². The van der Waals surface area contributed by atoms with Crippen molar-refractivity contribution in [3.63, 3.8) is 0 Å². The van der Waals surface area contributed by atoms with Crippen LogP contribution in [0.3, 0.4) is 0 Å². The van der Waals surface area contributed by atoms with Gasteiger partial charge in [-0.05, 0) is 42.3 Å². The van der Waals surface area contributed by atoms with Gasteiger partial charge in [-0.1, -0.05) is 24.3 Å². The molecule has 0 bridgehead atoms. The summed E-state index contributed by atoms with van der Waals surface area (Å²) in [7, 11) is 0. The van der Waals surface area contributed by atoms with E-state index in [1.165, 1.54) is 0 Å². The van der Waals surface area contributed by atoms with E-state index in [1.807, 2.05) is 31.2 Å². The first-order valence-electron chi connectivity index (χ1n) is 6.76. The molecule has 3 aromatic rings. The number of hydrogen-bond acceptors (Lipinski definition) is 2. The highest BCUT2D eigenvalue weighted by atomic mass is 16.3. The van der Waals surface area contributed by atoms with Crippen LogP contribution >= 0.6 is 0 Å². The van der Waals surface area contributed by atoms with Crippen LogP contribution in [0, 0.1) is 6.92 Å². The number of aliphatic hydroxyl groups excluding tert-OH is 1. The van der Waals surface area contributed by atoms with Gasteiger partial charge in [-0.15, -0.1) is 0 Å². The van der Waals surface area contributed by atoms with Crippen molar-refractivity contribution >= 4 is 22.5 Å². The Morgan fingerprint density at radius 3 is 2.86 bits per heavy atom. The molecule has 0 unspecified atom stereocenters. The van der Waals surface area contributed by atoms with Gasteiger partial charge >= 0.3 is 0 Å². The molecule has 0 aliphatic carbocycles. The number of aliphatic hydroxyl groups is 1. The molecule has 21 heavy (non-hydrogen) atoms. The first-order chi connectivity index (χ1) is 10.2. The second kappa shape index (κ2) is 5.42. The molecule has 0 aliphatic rings. The Balaban J connectivity index is 1.86. The van der Waals surface area contributed by atoms with Crippen molar-refractivity contribution in [2.24, 2.45) is 0 Å². The third-order valence-electron chi connectivity index (χ3n) is 3.39. The molecule has 106 valence electrons. The van der Waals surface area contributed by atoms with Gasteiger partial charge < -0.3 is 15.4 Å². The van der Waals surface area contributed by atoms with E-state index in [0.717, 1.165) is 22.0 Å². The molecule has 0 aliphatic heterocycles. The molecule has 2 aromatic carbocycles. The summed E-state index contributed by atoms with van der Waals surface area (Å²) in [6.07, 6.45) is 0. The predicted molar refractivity (Wildman–Crippen MR) is 83.4 cm³/mol. The second-order valence-electron chi connectivity index (χ2n) is 5.09. The third kappa shape index (κ3) is 2.80. The standard InChI is InChI=1S/C17H16N2O2/c1-11-5-6-13-9-16(19-15(13)7-11)17(21)18-14-4-2-3-12(8-14)10-20/h2-9,19-20H,10H2,1H3,(H,18,21). The summed E-state index contributed by atoms with van der Waals surface area (Å²) in [4.78, 5) is 15.4. The average Bonchev–Trinajstić information content (AvgIpc) is 2.90. The topological polar surface area (TPSA) is 65.1 Å². The lowest BCUT2D eigenvalue weighted by Gasteiger charge is -2.05. The molecular formula is C17H16N2O2.